The predicted molar refractivity (Wildman–Crippen MR) is 142 cm³/mol. The number of nitrogens with zero attached hydrogens (tertiary/aromatic N) is 2. The third kappa shape index (κ3) is 3.40. The Bertz CT molecular complexity index is 1350. The van der Waals surface area contributed by atoms with Crippen molar-refractivity contribution in [1.29, 1.82) is 0 Å². The van der Waals surface area contributed by atoms with Crippen LogP contribution in [0.3, 0.4) is 0 Å². The van der Waals surface area contributed by atoms with Crippen LogP contribution in [-0.4, -0.2) is 60.4 Å². The topological polar surface area (TPSA) is 101 Å². The van der Waals surface area contributed by atoms with E-state index in [1.54, 1.807) is 37.3 Å². The molecule has 3 fully saturated rings. The minimum Gasteiger partial charge on any atom is -0.417 e. The van der Waals surface area contributed by atoms with Gasteiger partial charge in [-0.05, 0) is 41.9 Å². The molecule has 0 saturated carbocycles. The Balaban J connectivity index is 1.55. The summed E-state index contributed by atoms with van der Waals surface area (Å²) in [7, 11) is -2.12. The van der Waals surface area contributed by atoms with Gasteiger partial charge in [-0.25, -0.2) is 9.74 Å². The average molecular weight is 523 g/mol. The Hall–Kier alpha value is -2.61. The molecule has 2 amide bonds. The molecule has 3 aliphatic rings. The number of carbonyl (C=O) groups is 2. The van der Waals surface area contributed by atoms with E-state index in [-0.39, 0.29) is 18.1 Å². The number of anilines is 1. The highest BCUT2D eigenvalue weighted by Crippen LogP contribution is 2.62. The molecule has 3 aliphatic heterocycles. The molecule has 9 heteroatoms. The van der Waals surface area contributed by atoms with Crippen molar-refractivity contribution in [1.82, 2.24) is 0 Å². The van der Waals surface area contributed by atoms with Gasteiger partial charge in [-0.1, -0.05) is 51.1 Å². The van der Waals surface area contributed by atoms with Crippen LogP contribution in [0.4, 0.5) is 11.4 Å². The van der Waals surface area contributed by atoms with Crippen molar-refractivity contribution in [3.05, 3.63) is 47.8 Å². The SMILES string of the molecule is [C-]#[N+]c1ccc(N2C(=O)[C@@H]3[C@H](C2=O)C2(C)OC3(CCO[Si](C)(C)C(C)(C)C)[C@@H](O)C2O)c2ccccc12. The second-order valence-electron chi connectivity index (χ2n) is 12.2. The van der Waals surface area contributed by atoms with Gasteiger partial charge in [0.1, 0.15) is 23.4 Å². The zero-order chi connectivity index (χ0) is 27.1. The highest BCUT2D eigenvalue weighted by atomic mass is 28.4. The van der Waals surface area contributed by atoms with Crippen molar-refractivity contribution in [3.8, 4) is 0 Å². The van der Waals surface area contributed by atoms with Gasteiger partial charge in [0.25, 0.3) is 0 Å². The summed E-state index contributed by atoms with van der Waals surface area (Å²) in [6.07, 6.45) is -2.47. The number of hydrogen-bond donors (Lipinski definition) is 2. The fourth-order valence-corrected chi connectivity index (χ4v) is 7.22. The van der Waals surface area contributed by atoms with E-state index in [9.17, 15) is 19.8 Å². The maximum absolute atomic E-state index is 14.0. The number of aliphatic hydroxyl groups is 2. The molecule has 0 radical (unpaired) electrons. The maximum Gasteiger partial charge on any atom is 0.240 e. The lowest BCUT2D eigenvalue weighted by Gasteiger charge is -2.40. The zero-order valence-electron chi connectivity index (χ0n) is 22.1. The third-order valence-corrected chi connectivity index (χ3v) is 13.8. The molecule has 196 valence electrons. The number of fused-ring (bicyclic) bond motifs is 6. The van der Waals surface area contributed by atoms with Crippen LogP contribution in [0.5, 0.6) is 0 Å². The summed E-state index contributed by atoms with van der Waals surface area (Å²) in [5.41, 5.74) is -2.02. The molecule has 5 rings (SSSR count). The molecule has 3 saturated heterocycles. The fourth-order valence-electron chi connectivity index (χ4n) is 6.18. The van der Waals surface area contributed by atoms with Crippen LogP contribution in [0.25, 0.3) is 15.6 Å². The Morgan fingerprint density at radius 2 is 1.68 bits per heavy atom. The normalized spacial score (nSPS) is 33.3. The summed E-state index contributed by atoms with van der Waals surface area (Å²) < 4.78 is 12.7. The molecule has 2 bridgehead atoms. The monoisotopic (exact) mass is 522 g/mol. The van der Waals surface area contributed by atoms with Crippen molar-refractivity contribution >= 4 is 42.3 Å². The van der Waals surface area contributed by atoms with Gasteiger partial charge < -0.3 is 19.4 Å². The Morgan fingerprint density at radius 1 is 1.05 bits per heavy atom. The van der Waals surface area contributed by atoms with Crippen molar-refractivity contribution in [3.63, 3.8) is 0 Å². The van der Waals surface area contributed by atoms with Gasteiger partial charge in [-0.2, -0.15) is 0 Å². The van der Waals surface area contributed by atoms with E-state index >= 15 is 0 Å². The second kappa shape index (κ2) is 8.19. The standard InChI is InChI=1S/C28H34N2O6Si/c1-26(2,3)37(6,7)35-15-14-28-21-20(27(4,36-28)22(31)23(28)32)24(33)30(25(21)34)19-13-12-18(29-5)16-10-8-9-11-17(16)19/h8-13,20-23,31-32H,14-15H2,1-4,6-7H3/t20-,21+,22?,23+,27?,28?/m1/s1. The number of aliphatic hydroxyl groups excluding tert-OH is 2. The van der Waals surface area contributed by atoms with Gasteiger partial charge in [0.15, 0.2) is 14.0 Å². The van der Waals surface area contributed by atoms with E-state index in [0.29, 0.717) is 22.1 Å². The highest BCUT2D eigenvalue weighted by molar-refractivity contribution is 6.74. The van der Waals surface area contributed by atoms with Crippen LogP contribution >= 0.6 is 0 Å². The Labute approximate surface area is 218 Å². The van der Waals surface area contributed by atoms with Crippen LogP contribution in [-0.2, 0) is 18.8 Å². The summed E-state index contributed by atoms with van der Waals surface area (Å²) in [5, 5.41) is 23.5. The number of imide groups is 1. The molecule has 3 unspecified atom stereocenters. The van der Waals surface area contributed by atoms with E-state index in [1.165, 1.54) is 4.90 Å². The second-order valence-corrected chi connectivity index (χ2v) is 17.0. The van der Waals surface area contributed by atoms with Crippen molar-refractivity contribution in [2.24, 2.45) is 11.8 Å². The largest absolute Gasteiger partial charge is 0.417 e. The third-order valence-electron chi connectivity index (χ3n) is 9.25. The van der Waals surface area contributed by atoms with Gasteiger partial charge in [-0.3, -0.25) is 9.59 Å². The summed E-state index contributed by atoms with van der Waals surface area (Å²) in [4.78, 5) is 32.7. The Morgan fingerprint density at radius 3 is 2.30 bits per heavy atom. The molecule has 37 heavy (non-hydrogen) atoms. The summed E-state index contributed by atoms with van der Waals surface area (Å²) in [5.74, 6) is -2.81. The Kier molecular flexibility index (Phi) is 5.76. The summed E-state index contributed by atoms with van der Waals surface area (Å²) in [6, 6.07) is 10.4. The minimum absolute atomic E-state index is 0.0272. The van der Waals surface area contributed by atoms with E-state index in [2.05, 4.69) is 38.7 Å². The van der Waals surface area contributed by atoms with Crippen LogP contribution in [0.2, 0.25) is 18.1 Å². The molecule has 0 spiro atoms. The number of ether oxygens (including phenoxy) is 1. The van der Waals surface area contributed by atoms with E-state index in [1.807, 2.05) is 6.07 Å². The lowest BCUT2D eigenvalue weighted by atomic mass is 9.64. The first-order chi connectivity index (χ1) is 17.2. The molecule has 3 heterocycles. The van der Waals surface area contributed by atoms with Gasteiger partial charge in [-0.15, -0.1) is 0 Å². The molecule has 2 aromatic carbocycles. The number of rotatable bonds is 5. The maximum atomic E-state index is 14.0. The molecule has 6 atom stereocenters. The predicted octanol–water partition coefficient (Wildman–Crippen LogP) is 4.17. The van der Waals surface area contributed by atoms with Crippen LogP contribution in [0, 0.1) is 18.4 Å². The summed E-state index contributed by atoms with van der Waals surface area (Å²) in [6.45, 7) is 20.0. The lowest BCUT2D eigenvalue weighted by molar-refractivity contribution is -0.137. The number of benzene rings is 2. The van der Waals surface area contributed by atoms with E-state index < -0.39 is 55.4 Å². The number of amides is 2. The van der Waals surface area contributed by atoms with Gasteiger partial charge in [0, 0.05) is 13.0 Å². The minimum atomic E-state index is -2.12. The van der Waals surface area contributed by atoms with Crippen LogP contribution < -0.4 is 4.90 Å². The number of hydrogen-bond acceptors (Lipinski definition) is 6. The smallest absolute Gasteiger partial charge is 0.240 e. The van der Waals surface area contributed by atoms with Gasteiger partial charge >= 0.3 is 0 Å². The van der Waals surface area contributed by atoms with Crippen LogP contribution in [0.15, 0.2) is 36.4 Å². The molecule has 2 N–H and O–H groups in total. The first-order valence-electron chi connectivity index (χ1n) is 12.7. The lowest BCUT2D eigenvalue weighted by Crippen LogP contribution is -2.58. The molecule has 8 nitrogen and oxygen atoms in total. The van der Waals surface area contributed by atoms with Crippen molar-refractivity contribution in [2.45, 2.75) is 75.7 Å². The first kappa shape index (κ1) is 26.0. The molecule has 0 aliphatic carbocycles. The van der Waals surface area contributed by atoms with Crippen molar-refractivity contribution in [2.75, 3.05) is 11.5 Å². The molecule has 2 aromatic rings. The van der Waals surface area contributed by atoms with Gasteiger partial charge in [0.05, 0.1) is 24.1 Å². The molecular weight excluding hydrogens is 488 g/mol. The highest BCUT2D eigenvalue weighted by Gasteiger charge is 2.80. The summed E-state index contributed by atoms with van der Waals surface area (Å²) >= 11 is 0. The quantitative estimate of drug-likeness (QED) is 0.347. The molecular formula is C28H34N2O6Si. The zero-order valence-corrected chi connectivity index (χ0v) is 23.1. The first-order valence-corrected chi connectivity index (χ1v) is 15.6. The van der Waals surface area contributed by atoms with E-state index in [4.69, 9.17) is 15.7 Å². The number of carbonyl (C=O) groups excluding carboxylic acids is 2. The fraction of sp³-hybridized carbons (Fsp3) is 0.536. The van der Waals surface area contributed by atoms with E-state index in [0.717, 1.165) is 0 Å². The van der Waals surface area contributed by atoms with Crippen LogP contribution in [0.1, 0.15) is 34.1 Å². The average Bonchev–Trinajstić information content (AvgIpc) is 3.34. The molecule has 0 aromatic heterocycles. The van der Waals surface area contributed by atoms with Gasteiger partial charge in [0.2, 0.25) is 11.8 Å². The van der Waals surface area contributed by atoms with Crippen molar-refractivity contribution < 1.29 is 29.0 Å².